The first kappa shape index (κ1) is 18.0. The van der Waals surface area contributed by atoms with E-state index in [-0.39, 0.29) is 11.2 Å². The lowest BCUT2D eigenvalue weighted by molar-refractivity contribution is 0.356. The molecular weight excluding hydrogens is 261 g/mol. The lowest BCUT2D eigenvalue weighted by Crippen LogP contribution is -2.25. The molecule has 1 rings (SSSR count). The van der Waals surface area contributed by atoms with Crippen LogP contribution in [-0.2, 0) is 5.41 Å². The van der Waals surface area contributed by atoms with Gasteiger partial charge >= 0.3 is 0 Å². The molecule has 0 bridgehead atoms. The van der Waals surface area contributed by atoms with Gasteiger partial charge < -0.3 is 5.73 Å². The van der Waals surface area contributed by atoms with E-state index >= 15 is 0 Å². The molecule has 0 spiro atoms. The van der Waals surface area contributed by atoms with Gasteiger partial charge in [-0.25, -0.2) is 4.39 Å². The Labute approximate surface area is 130 Å². The summed E-state index contributed by atoms with van der Waals surface area (Å²) in [7, 11) is 0. The van der Waals surface area contributed by atoms with Crippen molar-refractivity contribution in [3.05, 3.63) is 29.6 Å². The van der Waals surface area contributed by atoms with Gasteiger partial charge in [-0.15, -0.1) is 0 Å². The zero-order valence-electron chi connectivity index (χ0n) is 14.1. The number of hydrogen-bond acceptors (Lipinski definition) is 1. The summed E-state index contributed by atoms with van der Waals surface area (Å²) in [4.78, 5) is 0. The van der Waals surface area contributed by atoms with Gasteiger partial charge in [0.1, 0.15) is 5.82 Å². The largest absolute Gasteiger partial charge is 0.398 e. The summed E-state index contributed by atoms with van der Waals surface area (Å²) in [5.74, 6) is -0.137. The topological polar surface area (TPSA) is 26.0 Å². The summed E-state index contributed by atoms with van der Waals surface area (Å²) >= 11 is 0. The second-order valence-electron chi connectivity index (χ2n) is 6.53. The normalized spacial score (nSPS) is 14.1. The lowest BCUT2D eigenvalue weighted by atomic mass is 9.73. The van der Waals surface area contributed by atoms with Crippen molar-refractivity contribution in [2.75, 3.05) is 5.73 Å². The van der Waals surface area contributed by atoms with Crippen LogP contribution in [0.4, 0.5) is 10.1 Å². The molecule has 0 aliphatic rings. The summed E-state index contributed by atoms with van der Waals surface area (Å²) < 4.78 is 14.3. The van der Waals surface area contributed by atoms with Gasteiger partial charge in [-0.1, -0.05) is 71.8 Å². The Morgan fingerprint density at radius 3 is 2.19 bits per heavy atom. The molecule has 1 aromatic carbocycles. The van der Waals surface area contributed by atoms with Crippen LogP contribution in [0.25, 0.3) is 0 Å². The highest BCUT2D eigenvalue weighted by Crippen LogP contribution is 2.39. The Hall–Kier alpha value is -1.05. The molecule has 0 fully saturated rings. The van der Waals surface area contributed by atoms with Crippen molar-refractivity contribution in [2.24, 2.45) is 0 Å². The quantitative estimate of drug-likeness (QED) is 0.402. The zero-order valence-corrected chi connectivity index (χ0v) is 14.1. The van der Waals surface area contributed by atoms with E-state index in [4.69, 9.17) is 5.73 Å². The predicted octanol–water partition coefficient (Wildman–Crippen LogP) is 6.22. The van der Waals surface area contributed by atoms with E-state index in [1.807, 2.05) is 6.07 Å². The molecule has 21 heavy (non-hydrogen) atoms. The first-order valence-corrected chi connectivity index (χ1v) is 8.59. The summed E-state index contributed by atoms with van der Waals surface area (Å²) in [5.41, 5.74) is 7.32. The summed E-state index contributed by atoms with van der Waals surface area (Å²) in [6.45, 7) is 6.61. The van der Waals surface area contributed by atoms with Gasteiger partial charge in [-0.3, -0.25) is 0 Å². The Morgan fingerprint density at radius 2 is 1.57 bits per heavy atom. The van der Waals surface area contributed by atoms with E-state index < -0.39 is 0 Å². The van der Waals surface area contributed by atoms with E-state index in [2.05, 4.69) is 20.8 Å². The molecule has 0 saturated heterocycles. The Balaban J connectivity index is 2.82. The Kier molecular flexibility index (Phi) is 7.77. The smallest absolute Gasteiger partial charge is 0.129 e. The number of nitrogens with two attached hydrogens (primary N) is 1. The van der Waals surface area contributed by atoms with Crippen molar-refractivity contribution in [3.8, 4) is 0 Å². The molecule has 1 aromatic rings. The standard InChI is InChI=1S/C19H32FN/c1-4-6-8-9-10-15-19(3,14-7-5-2)18-16(20)12-11-13-17(18)21/h11-13H,4-10,14-15,21H2,1-3H3. The minimum atomic E-state index is -0.137. The molecule has 0 aliphatic carbocycles. The fourth-order valence-corrected chi connectivity index (χ4v) is 3.24. The van der Waals surface area contributed by atoms with E-state index in [0.717, 1.165) is 37.7 Å². The molecule has 0 heterocycles. The summed E-state index contributed by atoms with van der Waals surface area (Å²) in [6.07, 6.45) is 10.6. The minimum Gasteiger partial charge on any atom is -0.398 e. The van der Waals surface area contributed by atoms with Crippen molar-refractivity contribution in [1.29, 1.82) is 0 Å². The SMILES string of the molecule is CCCCCCCC(C)(CCCC)c1c(N)cccc1F. The van der Waals surface area contributed by atoms with Crippen LogP contribution >= 0.6 is 0 Å². The molecule has 2 N–H and O–H groups in total. The molecule has 0 radical (unpaired) electrons. The molecule has 2 heteroatoms. The first-order chi connectivity index (χ1) is 10.0. The van der Waals surface area contributed by atoms with Gasteiger partial charge in [0.25, 0.3) is 0 Å². The van der Waals surface area contributed by atoms with E-state index in [0.29, 0.717) is 5.69 Å². The van der Waals surface area contributed by atoms with Crippen LogP contribution in [0.3, 0.4) is 0 Å². The van der Waals surface area contributed by atoms with Crippen molar-refractivity contribution in [1.82, 2.24) is 0 Å². The molecule has 0 amide bonds. The van der Waals surface area contributed by atoms with Gasteiger partial charge in [-0.05, 0) is 30.4 Å². The third-order valence-corrected chi connectivity index (χ3v) is 4.56. The second-order valence-corrected chi connectivity index (χ2v) is 6.53. The first-order valence-electron chi connectivity index (χ1n) is 8.59. The Morgan fingerprint density at radius 1 is 0.952 bits per heavy atom. The average Bonchev–Trinajstić information content (AvgIpc) is 2.45. The summed E-state index contributed by atoms with van der Waals surface area (Å²) in [6, 6.07) is 5.09. The number of unbranched alkanes of at least 4 members (excludes halogenated alkanes) is 5. The van der Waals surface area contributed by atoms with Gasteiger partial charge in [0.15, 0.2) is 0 Å². The summed E-state index contributed by atoms with van der Waals surface area (Å²) in [5, 5.41) is 0. The molecule has 1 nitrogen and oxygen atoms in total. The van der Waals surface area contributed by atoms with Crippen LogP contribution in [0.15, 0.2) is 18.2 Å². The second kappa shape index (κ2) is 9.07. The number of anilines is 1. The highest BCUT2D eigenvalue weighted by molar-refractivity contribution is 5.51. The van der Waals surface area contributed by atoms with E-state index in [1.165, 1.54) is 25.7 Å². The monoisotopic (exact) mass is 293 g/mol. The van der Waals surface area contributed by atoms with Gasteiger partial charge in [0.2, 0.25) is 0 Å². The van der Waals surface area contributed by atoms with Gasteiger partial charge in [0, 0.05) is 11.3 Å². The van der Waals surface area contributed by atoms with Gasteiger partial charge in [0.05, 0.1) is 0 Å². The Bertz CT molecular complexity index is 396. The van der Waals surface area contributed by atoms with Crippen LogP contribution in [-0.4, -0.2) is 0 Å². The van der Waals surface area contributed by atoms with Gasteiger partial charge in [-0.2, -0.15) is 0 Å². The molecular formula is C19H32FN. The number of hydrogen-bond donors (Lipinski definition) is 1. The molecule has 0 aromatic heterocycles. The van der Waals surface area contributed by atoms with Crippen LogP contribution in [0.1, 0.15) is 84.1 Å². The number of nitrogen functional groups attached to an aromatic ring is 1. The van der Waals surface area contributed by atoms with Crippen LogP contribution in [0.2, 0.25) is 0 Å². The lowest BCUT2D eigenvalue weighted by Gasteiger charge is -2.32. The number of halogens is 1. The van der Waals surface area contributed by atoms with E-state index in [1.54, 1.807) is 12.1 Å². The van der Waals surface area contributed by atoms with Crippen molar-refractivity contribution in [2.45, 2.75) is 84.0 Å². The minimum absolute atomic E-state index is 0.127. The maximum Gasteiger partial charge on any atom is 0.129 e. The van der Waals surface area contributed by atoms with Crippen LogP contribution < -0.4 is 5.73 Å². The fraction of sp³-hybridized carbons (Fsp3) is 0.684. The molecule has 1 atom stereocenters. The van der Waals surface area contributed by atoms with Crippen molar-refractivity contribution in [3.63, 3.8) is 0 Å². The highest BCUT2D eigenvalue weighted by atomic mass is 19.1. The molecule has 0 aliphatic heterocycles. The average molecular weight is 293 g/mol. The van der Waals surface area contributed by atoms with Crippen molar-refractivity contribution >= 4 is 5.69 Å². The maximum absolute atomic E-state index is 14.3. The third-order valence-electron chi connectivity index (χ3n) is 4.56. The number of rotatable bonds is 10. The van der Waals surface area contributed by atoms with Crippen LogP contribution in [0.5, 0.6) is 0 Å². The van der Waals surface area contributed by atoms with Crippen molar-refractivity contribution < 1.29 is 4.39 Å². The van der Waals surface area contributed by atoms with E-state index in [9.17, 15) is 4.39 Å². The number of benzene rings is 1. The third kappa shape index (κ3) is 5.33. The fourth-order valence-electron chi connectivity index (χ4n) is 3.24. The van der Waals surface area contributed by atoms with Crippen LogP contribution in [0, 0.1) is 5.82 Å². The molecule has 0 saturated carbocycles. The predicted molar refractivity (Wildman–Crippen MR) is 91.1 cm³/mol. The zero-order chi connectivity index (χ0) is 15.7. The highest BCUT2D eigenvalue weighted by Gasteiger charge is 2.30. The molecule has 1 unspecified atom stereocenters. The maximum atomic E-state index is 14.3. The molecule has 120 valence electrons.